The Morgan fingerprint density at radius 3 is 3.06 bits per heavy atom. The van der Waals surface area contributed by atoms with Crippen LogP contribution in [0.2, 0.25) is 5.02 Å². The van der Waals surface area contributed by atoms with Gasteiger partial charge in [0.25, 0.3) is 0 Å². The second kappa shape index (κ2) is 4.31. The first kappa shape index (κ1) is 11.1. The fourth-order valence-corrected chi connectivity index (χ4v) is 2.51. The van der Waals surface area contributed by atoms with Crippen molar-refractivity contribution in [1.29, 1.82) is 0 Å². The molecular weight excluding hydrogens is 241 g/mol. The number of benzene rings is 1. The monoisotopic (exact) mass is 253 g/mol. The van der Waals surface area contributed by atoms with E-state index in [0.29, 0.717) is 16.4 Å². The molecule has 0 bridgehead atoms. The lowest BCUT2D eigenvalue weighted by molar-refractivity contribution is 0.234. The third-order valence-corrected chi connectivity index (χ3v) is 3.46. The van der Waals surface area contributed by atoms with Gasteiger partial charge in [-0.2, -0.15) is 0 Å². The number of hydrogen-bond acceptors (Lipinski definition) is 2. The summed E-state index contributed by atoms with van der Waals surface area (Å²) in [5, 5.41) is 4.64. The van der Waals surface area contributed by atoms with E-state index in [-0.39, 0.29) is 6.04 Å². The van der Waals surface area contributed by atoms with E-state index in [4.69, 9.17) is 16.0 Å². The molecule has 2 unspecified atom stereocenters. The van der Waals surface area contributed by atoms with E-state index in [1.54, 1.807) is 24.3 Å². The second-order valence-corrected chi connectivity index (χ2v) is 4.87. The van der Waals surface area contributed by atoms with Gasteiger partial charge in [0.05, 0.1) is 0 Å². The summed E-state index contributed by atoms with van der Waals surface area (Å²) >= 11 is 5.89. The smallest absolute Gasteiger partial charge is 0.173 e. The number of hydrogen-bond donors (Lipinski definition) is 1. The topological polar surface area (TPSA) is 25.2 Å². The Morgan fingerprint density at radius 2 is 2.29 bits per heavy atom. The molecule has 1 aliphatic heterocycles. The summed E-state index contributed by atoms with van der Waals surface area (Å²) in [6.07, 6.45) is 0.805. The molecule has 2 aromatic rings. The zero-order chi connectivity index (χ0) is 11.8. The Kier molecular flexibility index (Phi) is 2.81. The van der Waals surface area contributed by atoms with E-state index in [0.717, 1.165) is 24.8 Å². The van der Waals surface area contributed by atoms with Crippen molar-refractivity contribution in [3.8, 4) is 0 Å². The van der Waals surface area contributed by atoms with Crippen LogP contribution >= 0.6 is 11.6 Å². The minimum atomic E-state index is -1.08. The van der Waals surface area contributed by atoms with Crippen LogP contribution in [0.4, 0.5) is 4.39 Å². The van der Waals surface area contributed by atoms with Gasteiger partial charge in [-0.3, -0.25) is 0 Å². The number of alkyl halides is 1. The van der Waals surface area contributed by atoms with Crippen molar-refractivity contribution < 1.29 is 8.81 Å². The average Bonchev–Trinajstić information content (AvgIpc) is 2.96. The summed E-state index contributed by atoms with van der Waals surface area (Å²) < 4.78 is 19.7. The summed E-state index contributed by atoms with van der Waals surface area (Å²) in [6, 6.07) is 6.93. The highest BCUT2D eigenvalue weighted by Gasteiger charge is 2.28. The van der Waals surface area contributed by atoms with Gasteiger partial charge in [-0.1, -0.05) is 11.6 Å². The molecule has 17 heavy (non-hydrogen) atoms. The Bertz CT molecular complexity index is 533. The lowest BCUT2D eigenvalue weighted by Crippen LogP contribution is -2.26. The highest BCUT2D eigenvalue weighted by atomic mass is 35.5. The molecule has 2 atom stereocenters. The number of rotatable bonds is 2. The molecule has 1 fully saturated rings. The minimum absolute atomic E-state index is 0.119. The second-order valence-electron chi connectivity index (χ2n) is 4.44. The molecule has 0 aliphatic carbocycles. The predicted molar refractivity (Wildman–Crippen MR) is 66.1 cm³/mol. The van der Waals surface area contributed by atoms with Gasteiger partial charge >= 0.3 is 0 Å². The number of halogens is 2. The van der Waals surface area contributed by atoms with Gasteiger partial charge < -0.3 is 9.73 Å². The van der Waals surface area contributed by atoms with Crippen molar-refractivity contribution in [3.63, 3.8) is 0 Å². The lowest BCUT2D eigenvalue weighted by atomic mass is 10.1. The highest BCUT2D eigenvalue weighted by Crippen LogP contribution is 2.32. The molecule has 0 saturated carbocycles. The molecule has 0 radical (unpaired) electrons. The van der Waals surface area contributed by atoms with Crippen molar-refractivity contribution >= 4 is 22.6 Å². The minimum Gasteiger partial charge on any atom is -0.458 e. The van der Waals surface area contributed by atoms with Crippen LogP contribution in [0.3, 0.4) is 0 Å². The van der Waals surface area contributed by atoms with Crippen molar-refractivity contribution in [2.75, 3.05) is 6.54 Å². The van der Waals surface area contributed by atoms with E-state index >= 15 is 0 Å². The van der Waals surface area contributed by atoms with Gasteiger partial charge in [0, 0.05) is 16.5 Å². The van der Waals surface area contributed by atoms with Gasteiger partial charge in [-0.15, -0.1) is 0 Å². The van der Waals surface area contributed by atoms with Gasteiger partial charge in [0.1, 0.15) is 11.3 Å². The van der Waals surface area contributed by atoms with Crippen LogP contribution in [0.1, 0.15) is 24.8 Å². The summed E-state index contributed by atoms with van der Waals surface area (Å²) in [5.41, 5.74) is 0.685. The zero-order valence-electron chi connectivity index (χ0n) is 9.25. The molecule has 1 N–H and O–H groups in total. The summed E-state index contributed by atoms with van der Waals surface area (Å²) in [4.78, 5) is 0. The molecule has 4 heteroatoms. The molecule has 3 rings (SSSR count). The quantitative estimate of drug-likeness (QED) is 0.880. The maximum atomic E-state index is 14.2. The molecule has 0 amide bonds. The Morgan fingerprint density at radius 1 is 1.41 bits per heavy atom. The van der Waals surface area contributed by atoms with Crippen LogP contribution in [-0.4, -0.2) is 12.6 Å². The molecule has 90 valence electrons. The maximum Gasteiger partial charge on any atom is 0.173 e. The molecule has 2 heterocycles. The predicted octanol–water partition coefficient (Wildman–Crippen LogP) is 3.85. The van der Waals surface area contributed by atoms with Crippen LogP contribution in [0.15, 0.2) is 28.7 Å². The number of furan rings is 1. The van der Waals surface area contributed by atoms with Crippen LogP contribution in [0.25, 0.3) is 11.0 Å². The van der Waals surface area contributed by atoms with E-state index < -0.39 is 6.17 Å². The van der Waals surface area contributed by atoms with E-state index in [1.807, 2.05) is 0 Å². The molecule has 1 aromatic heterocycles. The number of nitrogens with one attached hydrogen (secondary N) is 1. The van der Waals surface area contributed by atoms with Crippen LogP contribution < -0.4 is 5.32 Å². The van der Waals surface area contributed by atoms with Crippen LogP contribution in [0, 0.1) is 0 Å². The maximum absolute atomic E-state index is 14.2. The van der Waals surface area contributed by atoms with Gasteiger partial charge in [-0.05, 0) is 43.7 Å². The Hall–Kier alpha value is -1.06. The summed E-state index contributed by atoms with van der Waals surface area (Å²) in [6.45, 7) is 0.886. The molecule has 1 aromatic carbocycles. The first-order valence-electron chi connectivity index (χ1n) is 5.80. The largest absolute Gasteiger partial charge is 0.458 e. The fourth-order valence-electron chi connectivity index (χ4n) is 2.33. The molecule has 2 nitrogen and oxygen atoms in total. The van der Waals surface area contributed by atoms with Crippen molar-refractivity contribution in [3.05, 3.63) is 35.0 Å². The highest BCUT2D eigenvalue weighted by molar-refractivity contribution is 6.31. The fraction of sp³-hybridized carbons (Fsp3) is 0.385. The lowest BCUT2D eigenvalue weighted by Gasteiger charge is -2.12. The van der Waals surface area contributed by atoms with E-state index in [2.05, 4.69) is 5.32 Å². The van der Waals surface area contributed by atoms with Crippen molar-refractivity contribution in [2.45, 2.75) is 25.1 Å². The average molecular weight is 254 g/mol. The molecular formula is C13H13ClFNO. The van der Waals surface area contributed by atoms with E-state index in [9.17, 15) is 4.39 Å². The normalized spacial score (nSPS) is 22.1. The SMILES string of the molecule is FC(c1cc2cc(Cl)ccc2o1)C1CCCN1. The number of fused-ring (bicyclic) bond motifs is 1. The van der Waals surface area contributed by atoms with Crippen molar-refractivity contribution in [1.82, 2.24) is 5.32 Å². The molecule has 1 aliphatic rings. The van der Waals surface area contributed by atoms with Crippen LogP contribution in [0.5, 0.6) is 0 Å². The Labute approximate surface area is 104 Å². The third kappa shape index (κ3) is 2.05. The third-order valence-electron chi connectivity index (χ3n) is 3.22. The first-order valence-corrected chi connectivity index (χ1v) is 6.18. The standard InChI is InChI=1S/C13H13ClFNO/c14-9-3-4-11-8(6-9)7-12(17-11)13(15)10-2-1-5-16-10/h3-4,6-7,10,13,16H,1-2,5H2. The summed E-state index contributed by atoms with van der Waals surface area (Å²) in [7, 11) is 0. The molecule has 0 spiro atoms. The molecule has 1 saturated heterocycles. The summed E-state index contributed by atoms with van der Waals surface area (Å²) in [5.74, 6) is 0.390. The first-order chi connectivity index (χ1) is 8.24. The van der Waals surface area contributed by atoms with Crippen LogP contribution in [-0.2, 0) is 0 Å². The van der Waals surface area contributed by atoms with E-state index in [1.165, 1.54) is 0 Å². The van der Waals surface area contributed by atoms with Gasteiger partial charge in [0.2, 0.25) is 0 Å². The Balaban J connectivity index is 1.94. The van der Waals surface area contributed by atoms with Crippen molar-refractivity contribution in [2.24, 2.45) is 0 Å². The van der Waals surface area contributed by atoms with Gasteiger partial charge in [0.15, 0.2) is 6.17 Å². The van der Waals surface area contributed by atoms with Gasteiger partial charge in [-0.25, -0.2) is 4.39 Å². The zero-order valence-corrected chi connectivity index (χ0v) is 10.0.